The fourth-order valence-electron chi connectivity index (χ4n) is 1.90. The van der Waals surface area contributed by atoms with Crippen molar-refractivity contribution in [3.8, 4) is 11.4 Å². The molecule has 0 radical (unpaired) electrons. The molecular weight excluding hydrogens is 234 g/mol. The Morgan fingerprint density at radius 1 is 1.00 bits per heavy atom. The highest BCUT2D eigenvalue weighted by atomic mass is 35.5. The number of imidazole rings is 1. The lowest BCUT2D eigenvalue weighted by molar-refractivity contribution is 1.17. The van der Waals surface area contributed by atoms with Crippen molar-refractivity contribution in [1.29, 1.82) is 0 Å². The van der Waals surface area contributed by atoms with Crippen molar-refractivity contribution >= 4 is 22.9 Å². The van der Waals surface area contributed by atoms with E-state index in [4.69, 9.17) is 17.3 Å². The highest BCUT2D eigenvalue weighted by Gasteiger charge is 2.12. The molecule has 3 aromatic rings. The van der Waals surface area contributed by atoms with Crippen molar-refractivity contribution in [3.05, 3.63) is 53.7 Å². The fraction of sp³-hybridized carbons (Fsp3) is 0. The Balaban J connectivity index is 2.38. The van der Waals surface area contributed by atoms with E-state index in [-0.39, 0.29) is 0 Å². The highest BCUT2D eigenvalue weighted by Crippen LogP contribution is 2.27. The van der Waals surface area contributed by atoms with E-state index in [1.165, 1.54) is 0 Å². The molecule has 0 atom stereocenters. The summed E-state index contributed by atoms with van der Waals surface area (Å²) >= 11 is 6.11. The SMILES string of the molecule is Nc1cccc2c(Cl)nc(-c3ccccc3)n12. The number of nitrogens with zero attached hydrogens (tertiary/aromatic N) is 2. The van der Waals surface area contributed by atoms with Crippen molar-refractivity contribution in [2.45, 2.75) is 0 Å². The van der Waals surface area contributed by atoms with E-state index in [1.54, 1.807) is 0 Å². The molecule has 3 nitrogen and oxygen atoms in total. The van der Waals surface area contributed by atoms with Gasteiger partial charge in [0.25, 0.3) is 0 Å². The van der Waals surface area contributed by atoms with Crippen LogP contribution in [0, 0.1) is 0 Å². The zero-order chi connectivity index (χ0) is 11.8. The standard InChI is InChI=1S/C13H10ClN3/c14-12-10-7-4-8-11(15)17(10)13(16-12)9-5-2-1-3-6-9/h1-8H,15H2. The second-order valence-corrected chi connectivity index (χ2v) is 4.12. The summed E-state index contributed by atoms with van der Waals surface area (Å²) in [6.45, 7) is 0. The smallest absolute Gasteiger partial charge is 0.155 e. The first-order valence-electron chi connectivity index (χ1n) is 5.25. The Morgan fingerprint density at radius 2 is 1.76 bits per heavy atom. The van der Waals surface area contributed by atoms with Gasteiger partial charge in [-0.3, -0.25) is 4.40 Å². The van der Waals surface area contributed by atoms with Crippen molar-refractivity contribution in [3.63, 3.8) is 0 Å². The topological polar surface area (TPSA) is 43.3 Å². The maximum Gasteiger partial charge on any atom is 0.155 e. The summed E-state index contributed by atoms with van der Waals surface area (Å²) in [5.41, 5.74) is 7.79. The molecule has 0 saturated carbocycles. The van der Waals surface area contributed by atoms with Crippen LogP contribution in [-0.2, 0) is 0 Å². The monoisotopic (exact) mass is 243 g/mol. The minimum absolute atomic E-state index is 0.469. The van der Waals surface area contributed by atoms with Crippen LogP contribution in [0.15, 0.2) is 48.5 Å². The van der Waals surface area contributed by atoms with Crippen LogP contribution < -0.4 is 5.73 Å². The van der Waals surface area contributed by atoms with Gasteiger partial charge in [0.1, 0.15) is 11.6 Å². The van der Waals surface area contributed by atoms with Crippen molar-refractivity contribution in [2.24, 2.45) is 0 Å². The third kappa shape index (κ3) is 1.56. The number of pyridine rings is 1. The quantitative estimate of drug-likeness (QED) is 0.713. The Kier molecular flexibility index (Phi) is 2.27. The first kappa shape index (κ1) is 10.2. The van der Waals surface area contributed by atoms with Gasteiger partial charge in [-0.25, -0.2) is 4.98 Å². The van der Waals surface area contributed by atoms with Crippen LogP contribution >= 0.6 is 11.6 Å². The largest absolute Gasteiger partial charge is 0.385 e. The summed E-state index contributed by atoms with van der Waals surface area (Å²) in [5, 5.41) is 0.469. The van der Waals surface area contributed by atoms with Crippen molar-refractivity contribution < 1.29 is 0 Å². The minimum Gasteiger partial charge on any atom is -0.385 e. The number of benzene rings is 1. The van der Waals surface area contributed by atoms with Crippen molar-refractivity contribution in [2.75, 3.05) is 5.73 Å². The van der Waals surface area contributed by atoms with E-state index in [1.807, 2.05) is 52.9 Å². The van der Waals surface area contributed by atoms with E-state index in [0.29, 0.717) is 11.0 Å². The molecular formula is C13H10ClN3. The van der Waals surface area contributed by atoms with Gasteiger partial charge >= 0.3 is 0 Å². The van der Waals surface area contributed by atoms with Gasteiger partial charge in [-0.05, 0) is 12.1 Å². The normalized spacial score (nSPS) is 10.9. The van der Waals surface area contributed by atoms with Crippen LogP contribution in [0.3, 0.4) is 0 Å². The summed E-state index contributed by atoms with van der Waals surface area (Å²) in [4.78, 5) is 4.37. The molecule has 0 aliphatic rings. The second kappa shape index (κ2) is 3.79. The van der Waals surface area contributed by atoms with Crippen LogP contribution in [-0.4, -0.2) is 9.38 Å². The van der Waals surface area contributed by atoms with E-state index in [9.17, 15) is 0 Å². The Morgan fingerprint density at radius 3 is 2.53 bits per heavy atom. The second-order valence-electron chi connectivity index (χ2n) is 3.76. The number of anilines is 1. The zero-order valence-corrected chi connectivity index (χ0v) is 9.72. The molecule has 0 bridgehead atoms. The first-order chi connectivity index (χ1) is 8.27. The molecule has 0 aliphatic heterocycles. The van der Waals surface area contributed by atoms with Gasteiger partial charge < -0.3 is 5.73 Å². The molecule has 0 saturated heterocycles. The molecule has 0 amide bonds. The van der Waals surface area contributed by atoms with E-state index >= 15 is 0 Å². The number of rotatable bonds is 1. The minimum atomic E-state index is 0.469. The Hall–Kier alpha value is -2.00. The number of halogens is 1. The van der Waals surface area contributed by atoms with Gasteiger partial charge in [-0.1, -0.05) is 48.0 Å². The summed E-state index contributed by atoms with van der Waals surface area (Å²) < 4.78 is 1.86. The van der Waals surface area contributed by atoms with Gasteiger partial charge in [0.2, 0.25) is 0 Å². The molecule has 17 heavy (non-hydrogen) atoms. The molecule has 0 unspecified atom stereocenters. The summed E-state index contributed by atoms with van der Waals surface area (Å²) in [6, 6.07) is 15.5. The van der Waals surface area contributed by atoms with Crippen LogP contribution in [0.2, 0.25) is 5.15 Å². The fourth-order valence-corrected chi connectivity index (χ4v) is 2.13. The summed E-state index contributed by atoms with van der Waals surface area (Å²) in [5.74, 6) is 1.39. The molecule has 84 valence electrons. The number of hydrogen-bond acceptors (Lipinski definition) is 2. The summed E-state index contributed by atoms with van der Waals surface area (Å²) in [6.07, 6.45) is 0. The lowest BCUT2D eigenvalue weighted by atomic mass is 10.2. The average Bonchev–Trinajstić information content (AvgIpc) is 2.70. The predicted molar refractivity (Wildman–Crippen MR) is 70.1 cm³/mol. The highest BCUT2D eigenvalue weighted by molar-refractivity contribution is 6.33. The van der Waals surface area contributed by atoms with E-state index in [0.717, 1.165) is 16.9 Å². The lowest BCUT2D eigenvalue weighted by Crippen LogP contribution is -1.97. The molecule has 0 aliphatic carbocycles. The van der Waals surface area contributed by atoms with Gasteiger partial charge in [0.05, 0.1) is 5.52 Å². The Labute approximate surface area is 103 Å². The van der Waals surface area contributed by atoms with Crippen LogP contribution in [0.4, 0.5) is 5.82 Å². The number of nitrogen functional groups attached to an aromatic ring is 1. The molecule has 2 N–H and O–H groups in total. The Bertz CT molecular complexity index is 674. The maximum atomic E-state index is 6.11. The van der Waals surface area contributed by atoms with Gasteiger partial charge in [-0.2, -0.15) is 0 Å². The average molecular weight is 244 g/mol. The third-order valence-corrected chi connectivity index (χ3v) is 2.96. The van der Waals surface area contributed by atoms with Crippen LogP contribution in [0.5, 0.6) is 0 Å². The predicted octanol–water partition coefficient (Wildman–Crippen LogP) is 3.24. The van der Waals surface area contributed by atoms with Gasteiger partial charge in [0, 0.05) is 5.56 Å². The van der Waals surface area contributed by atoms with E-state index in [2.05, 4.69) is 4.98 Å². The first-order valence-corrected chi connectivity index (χ1v) is 5.63. The maximum absolute atomic E-state index is 6.11. The molecule has 1 aromatic carbocycles. The molecule has 2 heterocycles. The lowest BCUT2D eigenvalue weighted by Gasteiger charge is -2.04. The zero-order valence-electron chi connectivity index (χ0n) is 8.97. The molecule has 0 spiro atoms. The van der Waals surface area contributed by atoms with Gasteiger partial charge in [0.15, 0.2) is 5.15 Å². The number of fused-ring (bicyclic) bond motifs is 1. The third-order valence-electron chi connectivity index (χ3n) is 2.68. The molecule has 4 heteroatoms. The molecule has 3 rings (SSSR count). The van der Waals surface area contributed by atoms with Gasteiger partial charge in [-0.15, -0.1) is 0 Å². The molecule has 2 aromatic heterocycles. The number of hydrogen-bond donors (Lipinski definition) is 1. The van der Waals surface area contributed by atoms with Crippen LogP contribution in [0.25, 0.3) is 16.9 Å². The van der Waals surface area contributed by atoms with E-state index < -0.39 is 0 Å². The number of aromatic nitrogens is 2. The number of nitrogens with two attached hydrogens (primary N) is 1. The van der Waals surface area contributed by atoms with Crippen LogP contribution in [0.1, 0.15) is 0 Å². The van der Waals surface area contributed by atoms with Crippen molar-refractivity contribution in [1.82, 2.24) is 9.38 Å². The molecule has 0 fully saturated rings. The summed E-state index contributed by atoms with van der Waals surface area (Å²) in [7, 11) is 0.